The van der Waals surface area contributed by atoms with Crippen LogP contribution in [-0.2, 0) is 12.8 Å². The number of hydrogen-bond donors (Lipinski definition) is 2. The van der Waals surface area contributed by atoms with Crippen LogP contribution in [0.1, 0.15) is 55.4 Å². The van der Waals surface area contributed by atoms with Crippen molar-refractivity contribution in [3.05, 3.63) is 50.9 Å². The topological polar surface area (TPSA) is 61.0 Å². The molecule has 0 radical (unpaired) electrons. The SMILES string of the molecule is C[C@H]1CCc2c(sc3nc([C@@H](C)Nc4ccc(N5CCCC5)cc4)[nH]c(=O)c23)C1. The molecule has 0 spiro atoms. The van der Waals surface area contributed by atoms with Crippen molar-refractivity contribution in [3.8, 4) is 0 Å². The molecule has 1 aliphatic carbocycles. The molecule has 5 rings (SSSR count). The van der Waals surface area contributed by atoms with Crippen LogP contribution >= 0.6 is 11.3 Å². The highest BCUT2D eigenvalue weighted by atomic mass is 32.1. The van der Waals surface area contributed by atoms with Gasteiger partial charge in [0.25, 0.3) is 5.56 Å². The number of nitrogens with one attached hydrogen (secondary N) is 2. The van der Waals surface area contributed by atoms with Gasteiger partial charge >= 0.3 is 0 Å². The van der Waals surface area contributed by atoms with Crippen molar-refractivity contribution in [3.63, 3.8) is 0 Å². The lowest BCUT2D eigenvalue weighted by molar-refractivity contribution is 0.509. The first-order valence-corrected chi connectivity index (χ1v) is 11.6. The number of fused-ring (bicyclic) bond motifs is 3. The van der Waals surface area contributed by atoms with Gasteiger partial charge in [-0.3, -0.25) is 4.79 Å². The van der Waals surface area contributed by atoms with E-state index < -0.39 is 0 Å². The summed E-state index contributed by atoms with van der Waals surface area (Å²) < 4.78 is 0. The van der Waals surface area contributed by atoms with Crippen molar-refractivity contribution in [2.45, 2.75) is 52.0 Å². The maximum Gasteiger partial charge on any atom is 0.259 e. The van der Waals surface area contributed by atoms with Crippen LogP contribution in [0.4, 0.5) is 11.4 Å². The van der Waals surface area contributed by atoms with E-state index in [1.165, 1.54) is 29.0 Å². The first-order chi connectivity index (χ1) is 14.1. The summed E-state index contributed by atoms with van der Waals surface area (Å²) in [4.78, 5) is 25.4. The van der Waals surface area contributed by atoms with Crippen molar-refractivity contribution in [1.29, 1.82) is 0 Å². The fraction of sp³-hybridized carbons (Fsp3) is 0.478. The highest BCUT2D eigenvalue weighted by molar-refractivity contribution is 7.18. The zero-order valence-electron chi connectivity index (χ0n) is 17.1. The minimum Gasteiger partial charge on any atom is -0.375 e. The van der Waals surface area contributed by atoms with Crippen LogP contribution in [0.2, 0.25) is 0 Å². The number of aromatic amines is 1. The van der Waals surface area contributed by atoms with E-state index in [2.05, 4.69) is 46.4 Å². The number of thiophene rings is 1. The first kappa shape index (κ1) is 18.7. The van der Waals surface area contributed by atoms with Crippen LogP contribution < -0.4 is 15.8 Å². The Morgan fingerprint density at radius 3 is 2.76 bits per heavy atom. The average Bonchev–Trinajstić information content (AvgIpc) is 3.36. The van der Waals surface area contributed by atoms with E-state index in [-0.39, 0.29) is 11.6 Å². The van der Waals surface area contributed by atoms with Crippen molar-refractivity contribution in [2.24, 2.45) is 5.92 Å². The fourth-order valence-corrected chi connectivity index (χ4v) is 6.02. The van der Waals surface area contributed by atoms with Crippen LogP contribution in [-0.4, -0.2) is 23.1 Å². The van der Waals surface area contributed by atoms with Gasteiger partial charge in [0.15, 0.2) is 0 Å². The molecule has 2 atom stereocenters. The molecule has 3 aromatic rings. The molecule has 1 saturated heterocycles. The van der Waals surface area contributed by atoms with Gasteiger partial charge in [0.2, 0.25) is 0 Å². The summed E-state index contributed by atoms with van der Waals surface area (Å²) in [6.45, 7) is 6.64. The molecule has 6 heteroatoms. The van der Waals surface area contributed by atoms with E-state index >= 15 is 0 Å². The zero-order valence-corrected chi connectivity index (χ0v) is 17.9. The van der Waals surface area contributed by atoms with E-state index in [1.807, 2.05) is 6.92 Å². The van der Waals surface area contributed by atoms with Gasteiger partial charge < -0.3 is 15.2 Å². The molecule has 1 aliphatic heterocycles. The second-order valence-electron chi connectivity index (χ2n) is 8.59. The maximum absolute atomic E-state index is 12.8. The van der Waals surface area contributed by atoms with Crippen molar-refractivity contribution in [2.75, 3.05) is 23.3 Å². The molecule has 0 saturated carbocycles. The summed E-state index contributed by atoms with van der Waals surface area (Å²) in [6, 6.07) is 8.52. The van der Waals surface area contributed by atoms with Gasteiger partial charge in [0.05, 0.1) is 11.4 Å². The summed E-state index contributed by atoms with van der Waals surface area (Å²) >= 11 is 1.71. The predicted molar refractivity (Wildman–Crippen MR) is 121 cm³/mol. The van der Waals surface area contributed by atoms with Gasteiger partial charge in [0.1, 0.15) is 10.7 Å². The molecule has 0 amide bonds. The molecule has 3 heterocycles. The van der Waals surface area contributed by atoms with Crippen molar-refractivity contribution >= 4 is 32.9 Å². The van der Waals surface area contributed by atoms with Crippen LogP contribution in [0.15, 0.2) is 29.1 Å². The van der Waals surface area contributed by atoms with E-state index in [0.717, 1.165) is 48.3 Å². The predicted octanol–water partition coefficient (Wildman–Crippen LogP) is 4.88. The van der Waals surface area contributed by atoms with E-state index in [9.17, 15) is 4.79 Å². The Morgan fingerprint density at radius 1 is 1.24 bits per heavy atom. The Balaban J connectivity index is 1.38. The van der Waals surface area contributed by atoms with Crippen LogP contribution in [0.25, 0.3) is 10.2 Å². The summed E-state index contributed by atoms with van der Waals surface area (Å²) in [5.74, 6) is 1.40. The van der Waals surface area contributed by atoms with Crippen molar-refractivity contribution in [1.82, 2.24) is 9.97 Å². The van der Waals surface area contributed by atoms with Crippen molar-refractivity contribution < 1.29 is 0 Å². The number of H-pyrrole nitrogens is 1. The second kappa shape index (κ2) is 7.48. The number of nitrogens with zero attached hydrogens (tertiary/aromatic N) is 2. The molecular weight excluding hydrogens is 380 g/mol. The molecule has 2 aliphatic rings. The quantitative estimate of drug-likeness (QED) is 0.646. The van der Waals surface area contributed by atoms with E-state index in [0.29, 0.717) is 11.7 Å². The van der Waals surface area contributed by atoms with Crippen LogP contribution in [0.5, 0.6) is 0 Å². The highest BCUT2D eigenvalue weighted by Gasteiger charge is 2.23. The third-order valence-electron chi connectivity index (χ3n) is 6.32. The first-order valence-electron chi connectivity index (χ1n) is 10.7. The summed E-state index contributed by atoms with van der Waals surface area (Å²) in [7, 11) is 0. The molecule has 1 aromatic carbocycles. The third-order valence-corrected chi connectivity index (χ3v) is 7.46. The van der Waals surface area contributed by atoms with Crippen LogP contribution in [0, 0.1) is 5.92 Å². The number of anilines is 2. The fourth-order valence-electron chi connectivity index (χ4n) is 4.63. The second-order valence-corrected chi connectivity index (χ2v) is 9.67. The van der Waals surface area contributed by atoms with Gasteiger partial charge in [-0.2, -0.15) is 0 Å². The zero-order chi connectivity index (χ0) is 20.0. The molecule has 0 unspecified atom stereocenters. The lowest BCUT2D eigenvalue weighted by atomic mass is 9.89. The standard InChI is InChI=1S/C23H28N4OS/c1-14-5-10-18-19(13-14)29-23-20(18)22(28)25-21(26-23)15(2)24-16-6-8-17(9-7-16)27-11-3-4-12-27/h6-9,14-15,24H,3-5,10-13H2,1-2H3,(H,25,26,28)/t14-,15+/m0/s1. The summed E-state index contributed by atoms with van der Waals surface area (Å²) in [5, 5.41) is 4.31. The van der Waals surface area contributed by atoms with Gasteiger partial charge in [-0.25, -0.2) is 4.98 Å². The number of aryl methyl sites for hydroxylation is 1. The molecule has 152 valence electrons. The number of hydrogen-bond acceptors (Lipinski definition) is 5. The molecule has 1 fully saturated rings. The molecule has 2 N–H and O–H groups in total. The Morgan fingerprint density at radius 2 is 2.00 bits per heavy atom. The van der Waals surface area contributed by atoms with Crippen LogP contribution in [0.3, 0.4) is 0 Å². The highest BCUT2D eigenvalue weighted by Crippen LogP contribution is 2.36. The molecule has 29 heavy (non-hydrogen) atoms. The minimum absolute atomic E-state index is 0.00934. The number of rotatable bonds is 4. The van der Waals surface area contributed by atoms with E-state index in [4.69, 9.17) is 4.98 Å². The van der Waals surface area contributed by atoms with Gasteiger partial charge in [0, 0.05) is 29.3 Å². The smallest absolute Gasteiger partial charge is 0.259 e. The maximum atomic E-state index is 12.8. The normalized spacial score (nSPS) is 20.1. The van der Waals surface area contributed by atoms with Gasteiger partial charge in [-0.05, 0) is 74.8 Å². The largest absolute Gasteiger partial charge is 0.375 e. The Kier molecular flexibility index (Phi) is 4.82. The van der Waals surface area contributed by atoms with E-state index in [1.54, 1.807) is 11.3 Å². The average molecular weight is 409 g/mol. The van der Waals surface area contributed by atoms with Gasteiger partial charge in [-0.15, -0.1) is 11.3 Å². The Hall–Kier alpha value is -2.34. The third kappa shape index (κ3) is 3.54. The molecule has 5 nitrogen and oxygen atoms in total. The molecule has 2 aromatic heterocycles. The number of benzene rings is 1. The molecular formula is C23H28N4OS. The lowest BCUT2D eigenvalue weighted by Crippen LogP contribution is -2.19. The Bertz CT molecular complexity index is 1080. The number of aromatic nitrogens is 2. The summed E-state index contributed by atoms with van der Waals surface area (Å²) in [5.41, 5.74) is 3.58. The van der Waals surface area contributed by atoms with Gasteiger partial charge in [-0.1, -0.05) is 6.92 Å². The lowest BCUT2D eigenvalue weighted by Gasteiger charge is -2.19. The molecule has 0 bridgehead atoms. The summed E-state index contributed by atoms with van der Waals surface area (Å²) in [6.07, 6.45) is 5.79. The minimum atomic E-state index is -0.0669. The Labute approximate surface area is 175 Å². The monoisotopic (exact) mass is 408 g/mol.